The first-order valence-electron chi connectivity index (χ1n) is 8.22. The van der Waals surface area contributed by atoms with E-state index in [0.29, 0.717) is 0 Å². The molecule has 150 valence electrons. The summed E-state index contributed by atoms with van der Waals surface area (Å²) < 4.78 is 48.3. The standard InChI is InChI=1S/C19H19F3N2O4/c1-18(2,3)17(26)28-11-27-16(25)14-8-5-9-23-15(14)24-13-7-4-6-12(10-13)19(20,21)22/h4-10H,11H2,1-3H3,(H,23,24). The number of pyridine rings is 1. The van der Waals surface area contributed by atoms with Crippen LogP contribution in [0.25, 0.3) is 0 Å². The Hall–Kier alpha value is -3.10. The van der Waals surface area contributed by atoms with E-state index in [1.165, 1.54) is 30.5 Å². The lowest BCUT2D eigenvalue weighted by Crippen LogP contribution is -2.24. The van der Waals surface area contributed by atoms with Crippen molar-refractivity contribution in [2.45, 2.75) is 26.9 Å². The molecule has 0 saturated carbocycles. The van der Waals surface area contributed by atoms with Crippen LogP contribution < -0.4 is 5.32 Å². The van der Waals surface area contributed by atoms with E-state index in [4.69, 9.17) is 9.47 Å². The van der Waals surface area contributed by atoms with Crippen LogP contribution in [0, 0.1) is 5.41 Å². The number of benzene rings is 1. The van der Waals surface area contributed by atoms with Crippen molar-refractivity contribution in [2.75, 3.05) is 12.1 Å². The van der Waals surface area contributed by atoms with Crippen molar-refractivity contribution in [1.82, 2.24) is 4.98 Å². The van der Waals surface area contributed by atoms with Crippen LogP contribution in [0.4, 0.5) is 24.7 Å². The highest BCUT2D eigenvalue weighted by Crippen LogP contribution is 2.31. The predicted octanol–water partition coefficient (Wildman–Crippen LogP) is 4.55. The number of halogens is 3. The maximum Gasteiger partial charge on any atom is 0.416 e. The molecule has 28 heavy (non-hydrogen) atoms. The van der Waals surface area contributed by atoms with Gasteiger partial charge in [-0.15, -0.1) is 0 Å². The summed E-state index contributed by atoms with van der Waals surface area (Å²) >= 11 is 0. The van der Waals surface area contributed by atoms with Crippen LogP contribution in [0.2, 0.25) is 0 Å². The molecule has 0 bridgehead atoms. The van der Waals surface area contributed by atoms with Crippen LogP contribution in [0.3, 0.4) is 0 Å². The minimum absolute atomic E-state index is 0.00831. The van der Waals surface area contributed by atoms with Crippen molar-refractivity contribution in [3.63, 3.8) is 0 Å². The van der Waals surface area contributed by atoms with Gasteiger partial charge in [0, 0.05) is 11.9 Å². The van der Waals surface area contributed by atoms with Crippen LogP contribution in [-0.2, 0) is 20.4 Å². The Kier molecular flexibility index (Phi) is 6.27. The van der Waals surface area contributed by atoms with Crippen LogP contribution in [0.1, 0.15) is 36.7 Å². The normalized spacial score (nSPS) is 11.6. The van der Waals surface area contributed by atoms with Gasteiger partial charge in [-0.05, 0) is 51.1 Å². The number of nitrogens with zero attached hydrogens (tertiary/aromatic N) is 1. The third-order valence-corrected chi connectivity index (χ3v) is 3.47. The van der Waals surface area contributed by atoms with Crippen molar-refractivity contribution in [3.05, 3.63) is 53.7 Å². The zero-order valence-corrected chi connectivity index (χ0v) is 15.5. The maximum absolute atomic E-state index is 12.8. The van der Waals surface area contributed by atoms with Crippen LogP contribution in [0.15, 0.2) is 42.6 Å². The first-order valence-corrected chi connectivity index (χ1v) is 8.22. The Bertz CT molecular complexity index is 861. The minimum atomic E-state index is -4.50. The summed E-state index contributed by atoms with van der Waals surface area (Å²) in [6, 6.07) is 7.32. The summed E-state index contributed by atoms with van der Waals surface area (Å²) in [5.74, 6) is -1.38. The molecule has 0 aliphatic carbocycles. The molecule has 0 radical (unpaired) electrons. The van der Waals surface area contributed by atoms with E-state index in [1.807, 2.05) is 0 Å². The van der Waals surface area contributed by atoms with Gasteiger partial charge >= 0.3 is 18.1 Å². The van der Waals surface area contributed by atoms with E-state index < -0.39 is 35.9 Å². The maximum atomic E-state index is 12.8. The largest absolute Gasteiger partial charge is 0.427 e. The van der Waals surface area contributed by atoms with Crippen molar-refractivity contribution >= 4 is 23.4 Å². The van der Waals surface area contributed by atoms with Gasteiger partial charge in [-0.2, -0.15) is 13.2 Å². The van der Waals surface area contributed by atoms with Gasteiger partial charge in [0.1, 0.15) is 11.4 Å². The summed E-state index contributed by atoms with van der Waals surface area (Å²) in [6.07, 6.45) is -3.13. The predicted molar refractivity (Wildman–Crippen MR) is 94.8 cm³/mol. The Morgan fingerprint density at radius 1 is 1.07 bits per heavy atom. The van der Waals surface area contributed by atoms with E-state index in [9.17, 15) is 22.8 Å². The number of anilines is 2. The topological polar surface area (TPSA) is 77.5 Å². The molecule has 9 heteroatoms. The average Bonchev–Trinajstić information content (AvgIpc) is 2.60. The molecule has 1 N–H and O–H groups in total. The molecule has 0 aliphatic rings. The highest BCUT2D eigenvalue weighted by Gasteiger charge is 2.30. The Labute approximate surface area is 159 Å². The van der Waals surface area contributed by atoms with Gasteiger partial charge < -0.3 is 14.8 Å². The second-order valence-corrected chi connectivity index (χ2v) is 6.83. The fourth-order valence-corrected chi connectivity index (χ4v) is 2.01. The monoisotopic (exact) mass is 396 g/mol. The summed E-state index contributed by atoms with van der Waals surface area (Å²) in [4.78, 5) is 27.9. The molecule has 6 nitrogen and oxygen atoms in total. The van der Waals surface area contributed by atoms with E-state index in [-0.39, 0.29) is 17.1 Å². The highest BCUT2D eigenvalue weighted by molar-refractivity contribution is 5.95. The molecular weight excluding hydrogens is 377 g/mol. The molecule has 0 fully saturated rings. The average molecular weight is 396 g/mol. The molecule has 0 unspecified atom stereocenters. The van der Waals surface area contributed by atoms with Gasteiger partial charge in [-0.1, -0.05) is 6.07 Å². The first-order chi connectivity index (χ1) is 13.0. The second kappa shape index (κ2) is 8.28. The number of nitrogens with one attached hydrogen (secondary N) is 1. The number of hydrogen-bond acceptors (Lipinski definition) is 6. The molecule has 0 spiro atoms. The number of carbonyl (C=O) groups excluding carboxylic acids is 2. The van der Waals surface area contributed by atoms with Gasteiger partial charge in [0.15, 0.2) is 0 Å². The third kappa shape index (κ3) is 5.70. The Morgan fingerprint density at radius 3 is 2.43 bits per heavy atom. The molecule has 2 rings (SSSR count). The van der Waals surface area contributed by atoms with Gasteiger partial charge in [0.05, 0.1) is 11.0 Å². The molecule has 1 aromatic heterocycles. The summed E-state index contributed by atoms with van der Waals surface area (Å²) in [6.45, 7) is 4.35. The molecule has 0 atom stereocenters. The van der Waals surface area contributed by atoms with Crippen LogP contribution >= 0.6 is 0 Å². The SMILES string of the molecule is CC(C)(C)C(=O)OCOC(=O)c1cccnc1Nc1cccc(C(F)(F)F)c1. The molecule has 2 aromatic rings. The summed E-state index contributed by atoms with van der Waals surface area (Å²) in [5.41, 5.74) is -1.52. The molecule has 0 amide bonds. The van der Waals surface area contributed by atoms with E-state index in [2.05, 4.69) is 10.3 Å². The summed E-state index contributed by atoms with van der Waals surface area (Å²) in [7, 11) is 0. The second-order valence-electron chi connectivity index (χ2n) is 6.83. The van der Waals surface area contributed by atoms with Crippen molar-refractivity contribution in [3.8, 4) is 0 Å². The zero-order chi connectivity index (χ0) is 20.9. The lowest BCUT2D eigenvalue weighted by molar-refractivity contribution is -0.161. The molecule has 0 saturated heterocycles. The van der Waals surface area contributed by atoms with Gasteiger partial charge in [-0.25, -0.2) is 9.78 Å². The quantitative estimate of drug-likeness (QED) is 0.590. The Morgan fingerprint density at radius 2 is 1.79 bits per heavy atom. The van der Waals surface area contributed by atoms with Gasteiger partial charge in [-0.3, -0.25) is 4.79 Å². The smallest absolute Gasteiger partial charge is 0.416 e. The van der Waals surface area contributed by atoms with E-state index >= 15 is 0 Å². The number of esters is 2. The molecule has 0 aliphatic heterocycles. The molecule has 1 aromatic carbocycles. The first kappa shape index (κ1) is 21.2. The molecular formula is C19H19F3N2O4. The number of hydrogen-bond donors (Lipinski definition) is 1. The van der Waals surface area contributed by atoms with Crippen molar-refractivity contribution < 1.29 is 32.2 Å². The van der Waals surface area contributed by atoms with Gasteiger partial charge in [0.2, 0.25) is 6.79 Å². The number of rotatable bonds is 5. The van der Waals surface area contributed by atoms with Crippen molar-refractivity contribution in [2.24, 2.45) is 5.41 Å². The van der Waals surface area contributed by atoms with Gasteiger partial charge in [0.25, 0.3) is 0 Å². The lowest BCUT2D eigenvalue weighted by atomic mass is 9.98. The van der Waals surface area contributed by atoms with Crippen LogP contribution in [-0.4, -0.2) is 23.7 Å². The zero-order valence-electron chi connectivity index (χ0n) is 15.5. The van der Waals surface area contributed by atoms with Crippen molar-refractivity contribution in [1.29, 1.82) is 0 Å². The minimum Gasteiger partial charge on any atom is -0.427 e. The third-order valence-electron chi connectivity index (χ3n) is 3.47. The lowest BCUT2D eigenvalue weighted by Gasteiger charge is -2.16. The number of ether oxygens (including phenoxy) is 2. The number of aromatic nitrogens is 1. The Balaban J connectivity index is 2.11. The summed E-state index contributed by atoms with van der Waals surface area (Å²) in [5, 5.41) is 2.67. The number of carbonyl (C=O) groups is 2. The fraction of sp³-hybridized carbons (Fsp3) is 0.316. The fourth-order valence-electron chi connectivity index (χ4n) is 2.01. The highest BCUT2D eigenvalue weighted by atomic mass is 19.4. The van der Waals surface area contributed by atoms with E-state index in [0.717, 1.165) is 12.1 Å². The van der Waals surface area contributed by atoms with Crippen LogP contribution in [0.5, 0.6) is 0 Å². The molecule has 1 heterocycles. The number of alkyl halides is 3. The van der Waals surface area contributed by atoms with E-state index in [1.54, 1.807) is 20.8 Å².